The quantitative estimate of drug-likeness (QED) is 0.907. The summed E-state index contributed by atoms with van der Waals surface area (Å²) in [6, 6.07) is 6.92. The molecule has 22 heavy (non-hydrogen) atoms. The van der Waals surface area contributed by atoms with Crippen LogP contribution in [0.1, 0.15) is 42.5 Å². The lowest BCUT2D eigenvalue weighted by molar-refractivity contribution is 0.148. The fourth-order valence-corrected chi connectivity index (χ4v) is 3.07. The highest BCUT2D eigenvalue weighted by atomic mass is 15.2. The van der Waals surface area contributed by atoms with E-state index in [1.54, 1.807) is 0 Å². The van der Waals surface area contributed by atoms with Crippen molar-refractivity contribution in [3.8, 4) is 0 Å². The van der Waals surface area contributed by atoms with Crippen molar-refractivity contribution in [1.82, 2.24) is 9.80 Å². The Kier molecular flexibility index (Phi) is 4.97. The maximum Gasteiger partial charge on any atom is 0.0272 e. The highest BCUT2D eigenvalue weighted by Gasteiger charge is 2.18. The summed E-state index contributed by atoms with van der Waals surface area (Å²) in [5.41, 5.74) is 10.1. The van der Waals surface area contributed by atoms with Crippen molar-refractivity contribution in [2.75, 3.05) is 33.2 Å². The first-order chi connectivity index (χ1) is 10.6. The van der Waals surface area contributed by atoms with Crippen molar-refractivity contribution >= 4 is 6.08 Å². The maximum absolute atomic E-state index is 6.14. The number of nitrogens with two attached hydrogens (primary N) is 1. The average Bonchev–Trinajstić information content (AvgIpc) is 3.32. The molecule has 120 valence electrons. The molecule has 2 N–H and O–H groups in total. The number of rotatable bonds is 5. The van der Waals surface area contributed by atoms with E-state index in [1.807, 2.05) is 0 Å². The summed E-state index contributed by atoms with van der Waals surface area (Å²) in [5.74, 6) is 0.808. The molecule has 1 aromatic carbocycles. The van der Waals surface area contributed by atoms with E-state index in [1.165, 1.54) is 55.7 Å². The van der Waals surface area contributed by atoms with Crippen molar-refractivity contribution < 1.29 is 0 Å². The maximum atomic E-state index is 6.14. The van der Waals surface area contributed by atoms with E-state index in [9.17, 15) is 0 Å². The van der Waals surface area contributed by atoms with Gasteiger partial charge in [-0.25, -0.2) is 0 Å². The van der Waals surface area contributed by atoms with Gasteiger partial charge in [-0.1, -0.05) is 30.4 Å². The van der Waals surface area contributed by atoms with Crippen LogP contribution in [0.3, 0.4) is 0 Å². The van der Waals surface area contributed by atoms with E-state index < -0.39 is 0 Å². The number of piperazine rings is 1. The van der Waals surface area contributed by atoms with Gasteiger partial charge >= 0.3 is 0 Å². The van der Waals surface area contributed by atoms with Gasteiger partial charge in [0.25, 0.3) is 0 Å². The van der Waals surface area contributed by atoms with Crippen LogP contribution in [0.15, 0.2) is 24.3 Å². The molecular formula is C19H29N3. The standard InChI is InChI=1S/C19H29N3/c1-15(20)19-8-6-17(13-18(19)7-5-16-3-4-16)14-22-11-9-21(2)10-12-22/h5-8,13,15-16H,3-4,9-12,14,20H2,1-2H3/b7-5+/t15-/m0/s1. The molecule has 0 radical (unpaired) electrons. The zero-order valence-corrected chi connectivity index (χ0v) is 14.0. The highest BCUT2D eigenvalue weighted by Crippen LogP contribution is 2.31. The Morgan fingerprint density at radius 1 is 1.23 bits per heavy atom. The minimum atomic E-state index is 0.0940. The van der Waals surface area contributed by atoms with Gasteiger partial charge < -0.3 is 10.6 Å². The van der Waals surface area contributed by atoms with Gasteiger partial charge in [0.1, 0.15) is 0 Å². The van der Waals surface area contributed by atoms with Crippen LogP contribution in [0.2, 0.25) is 0 Å². The number of likely N-dealkylation sites (N-methyl/N-ethyl adjacent to an activating group) is 1. The van der Waals surface area contributed by atoms with Gasteiger partial charge in [0, 0.05) is 38.8 Å². The third-order valence-corrected chi connectivity index (χ3v) is 4.81. The van der Waals surface area contributed by atoms with Gasteiger partial charge in [-0.15, -0.1) is 0 Å². The zero-order valence-electron chi connectivity index (χ0n) is 14.0. The Balaban J connectivity index is 1.72. The van der Waals surface area contributed by atoms with Gasteiger partial charge in [0.15, 0.2) is 0 Å². The van der Waals surface area contributed by atoms with Crippen LogP contribution in [-0.4, -0.2) is 43.0 Å². The molecule has 0 bridgehead atoms. The molecule has 3 rings (SSSR count). The van der Waals surface area contributed by atoms with E-state index in [0.29, 0.717) is 0 Å². The average molecular weight is 299 g/mol. The summed E-state index contributed by atoms with van der Waals surface area (Å²) in [6.07, 6.45) is 7.36. The molecule has 0 unspecified atom stereocenters. The molecule has 1 aliphatic carbocycles. The molecule has 1 aliphatic heterocycles. The molecule has 3 heteroatoms. The predicted octanol–water partition coefficient (Wildman–Crippen LogP) is 2.88. The molecule has 1 saturated heterocycles. The van der Waals surface area contributed by atoms with Crippen LogP contribution in [-0.2, 0) is 6.54 Å². The van der Waals surface area contributed by atoms with Crippen LogP contribution < -0.4 is 5.73 Å². The van der Waals surface area contributed by atoms with Gasteiger partial charge in [0.05, 0.1) is 0 Å². The number of hydrogen-bond acceptors (Lipinski definition) is 3. The molecule has 1 aromatic rings. The molecular weight excluding hydrogens is 270 g/mol. The summed E-state index contributed by atoms with van der Waals surface area (Å²) >= 11 is 0. The smallest absolute Gasteiger partial charge is 0.0272 e. The summed E-state index contributed by atoms with van der Waals surface area (Å²) in [6.45, 7) is 7.80. The minimum Gasteiger partial charge on any atom is -0.324 e. The summed E-state index contributed by atoms with van der Waals surface area (Å²) in [7, 11) is 2.20. The van der Waals surface area contributed by atoms with Crippen LogP contribution >= 0.6 is 0 Å². The Morgan fingerprint density at radius 3 is 2.59 bits per heavy atom. The van der Waals surface area contributed by atoms with Crippen LogP contribution in [0.5, 0.6) is 0 Å². The topological polar surface area (TPSA) is 32.5 Å². The number of allylic oxidation sites excluding steroid dienone is 1. The first-order valence-corrected chi connectivity index (χ1v) is 8.59. The second kappa shape index (κ2) is 6.95. The largest absolute Gasteiger partial charge is 0.324 e. The second-order valence-corrected chi connectivity index (χ2v) is 7.03. The molecule has 0 spiro atoms. The summed E-state index contributed by atoms with van der Waals surface area (Å²) in [4.78, 5) is 4.95. The Bertz CT molecular complexity index is 523. The van der Waals surface area contributed by atoms with Gasteiger partial charge in [-0.2, -0.15) is 0 Å². The number of benzene rings is 1. The predicted molar refractivity (Wildman–Crippen MR) is 93.6 cm³/mol. The summed E-state index contributed by atoms with van der Waals surface area (Å²) in [5, 5.41) is 0. The van der Waals surface area contributed by atoms with Crippen molar-refractivity contribution in [3.63, 3.8) is 0 Å². The van der Waals surface area contributed by atoms with Crippen molar-refractivity contribution in [2.24, 2.45) is 11.7 Å². The van der Waals surface area contributed by atoms with Crippen LogP contribution in [0, 0.1) is 5.92 Å². The molecule has 1 heterocycles. The Morgan fingerprint density at radius 2 is 1.95 bits per heavy atom. The highest BCUT2D eigenvalue weighted by molar-refractivity contribution is 5.56. The Hall–Kier alpha value is -1.16. The lowest BCUT2D eigenvalue weighted by Crippen LogP contribution is -2.43. The summed E-state index contributed by atoms with van der Waals surface area (Å²) < 4.78 is 0. The number of nitrogens with zero attached hydrogens (tertiary/aromatic N) is 2. The van der Waals surface area contributed by atoms with Crippen molar-refractivity contribution in [1.29, 1.82) is 0 Å². The molecule has 2 fully saturated rings. The van der Waals surface area contributed by atoms with Gasteiger partial charge in [0.2, 0.25) is 0 Å². The Labute approximate surface area is 134 Å². The third-order valence-electron chi connectivity index (χ3n) is 4.81. The molecule has 1 saturated carbocycles. The fourth-order valence-electron chi connectivity index (χ4n) is 3.07. The molecule has 3 nitrogen and oxygen atoms in total. The minimum absolute atomic E-state index is 0.0940. The first-order valence-electron chi connectivity index (χ1n) is 8.59. The first kappa shape index (κ1) is 15.7. The van der Waals surface area contributed by atoms with E-state index in [2.05, 4.69) is 54.1 Å². The van der Waals surface area contributed by atoms with E-state index >= 15 is 0 Å². The van der Waals surface area contributed by atoms with Crippen LogP contribution in [0.4, 0.5) is 0 Å². The lowest BCUT2D eigenvalue weighted by atomic mass is 9.98. The second-order valence-electron chi connectivity index (χ2n) is 7.03. The molecule has 2 aliphatic rings. The molecule has 1 atom stereocenters. The lowest BCUT2D eigenvalue weighted by Gasteiger charge is -2.32. The van der Waals surface area contributed by atoms with Crippen molar-refractivity contribution in [3.05, 3.63) is 41.0 Å². The van der Waals surface area contributed by atoms with Crippen molar-refractivity contribution in [2.45, 2.75) is 32.4 Å². The van der Waals surface area contributed by atoms with Gasteiger partial charge in [-0.05, 0) is 49.4 Å². The van der Waals surface area contributed by atoms with Crippen LogP contribution in [0.25, 0.3) is 6.08 Å². The number of hydrogen-bond donors (Lipinski definition) is 1. The molecule has 0 aromatic heterocycles. The van der Waals surface area contributed by atoms with E-state index in [4.69, 9.17) is 5.73 Å². The fraction of sp³-hybridized carbons (Fsp3) is 0.579. The SMILES string of the molecule is C[C@H](N)c1ccc(CN2CCN(C)CC2)cc1/C=C/C1CC1. The zero-order chi connectivity index (χ0) is 15.5. The van der Waals surface area contributed by atoms with E-state index in [-0.39, 0.29) is 6.04 Å². The monoisotopic (exact) mass is 299 g/mol. The van der Waals surface area contributed by atoms with Gasteiger partial charge in [-0.3, -0.25) is 4.90 Å². The van der Waals surface area contributed by atoms with E-state index in [0.717, 1.165) is 12.5 Å². The normalized spacial score (nSPS) is 22.3. The molecule has 0 amide bonds. The third kappa shape index (κ3) is 4.19.